The van der Waals surface area contributed by atoms with E-state index in [0.717, 1.165) is 13.0 Å². The highest BCUT2D eigenvalue weighted by Gasteiger charge is 2.04. The van der Waals surface area contributed by atoms with Crippen LogP contribution in [0.3, 0.4) is 0 Å². The predicted octanol–water partition coefficient (Wildman–Crippen LogP) is 4.47. The van der Waals surface area contributed by atoms with Crippen molar-refractivity contribution in [3.05, 3.63) is 0 Å². The normalized spacial score (nSPS) is 10.6. The van der Waals surface area contributed by atoms with Gasteiger partial charge in [-0.2, -0.15) is 0 Å². The van der Waals surface area contributed by atoms with Gasteiger partial charge in [0.15, 0.2) is 0 Å². The molecule has 0 spiro atoms. The average Bonchev–Trinajstić information content (AvgIpc) is 2.81. The lowest BCUT2D eigenvalue weighted by Crippen LogP contribution is -2.41. The molecule has 0 atom stereocenters. The SMILES string of the molecule is CCCCCCCCCCCCCCCCCCNCC(=O)NCC(=O)NCCOCCN.Cl. The molecule has 0 aliphatic rings. The van der Waals surface area contributed by atoms with Gasteiger partial charge in [-0.25, -0.2) is 0 Å². The number of carbonyl (C=O) groups excluding carboxylic acids is 2. The molecule has 34 heavy (non-hydrogen) atoms. The van der Waals surface area contributed by atoms with E-state index in [9.17, 15) is 9.59 Å². The van der Waals surface area contributed by atoms with Gasteiger partial charge < -0.3 is 26.4 Å². The Morgan fingerprint density at radius 2 is 1.09 bits per heavy atom. The van der Waals surface area contributed by atoms with Crippen LogP contribution in [0, 0.1) is 0 Å². The van der Waals surface area contributed by atoms with Gasteiger partial charge >= 0.3 is 0 Å². The maximum atomic E-state index is 11.7. The molecule has 0 aromatic rings. The maximum absolute atomic E-state index is 11.7. The highest BCUT2D eigenvalue weighted by molar-refractivity contribution is 5.85. The summed E-state index contributed by atoms with van der Waals surface area (Å²) in [6.45, 7) is 5.18. The van der Waals surface area contributed by atoms with Crippen molar-refractivity contribution < 1.29 is 14.3 Å². The van der Waals surface area contributed by atoms with Crippen molar-refractivity contribution in [3.63, 3.8) is 0 Å². The zero-order chi connectivity index (χ0) is 24.2. The Bertz CT molecular complexity index is 442. The highest BCUT2D eigenvalue weighted by atomic mass is 35.5. The third kappa shape index (κ3) is 29.1. The van der Waals surface area contributed by atoms with Gasteiger partial charge in [0.1, 0.15) is 0 Å². The smallest absolute Gasteiger partial charge is 0.239 e. The number of carbonyl (C=O) groups is 2. The largest absolute Gasteiger partial charge is 0.378 e. The average molecular weight is 507 g/mol. The topological polar surface area (TPSA) is 105 Å². The zero-order valence-corrected chi connectivity index (χ0v) is 22.8. The molecule has 2 amide bonds. The molecule has 0 heterocycles. The Hall–Kier alpha value is -0.890. The minimum absolute atomic E-state index is 0. The Balaban J connectivity index is 0. The van der Waals surface area contributed by atoms with Crippen LogP contribution in [-0.2, 0) is 14.3 Å². The van der Waals surface area contributed by atoms with E-state index in [0.29, 0.717) is 26.3 Å². The van der Waals surface area contributed by atoms with Crippen LogP contribution < -0.4 is 21.7 Å². The number of nitrogens with one attached hydrogen (secondary N) is 3. The van der Waals surface area contributed by atoms with Crippen molar-refractivity contribution in [2.45, 2.75) is 110 Å². The molecule has 0 saturated carbocycles. The molecule has 0 aromatic carbocycles. The molecule has 0 fully saturated rings. The summed E-state index contributed by atoms with van der Waals surface area (Å²) in [5.74, 6) is -0.362. The molecular formula is C26H55ClN4O3. The molecule has 0 rings (SSSR count). The molecule has 0 bridgehead atoms. The summed E-state index contributed by atoms with van der Waals surface area (Å²) in [5, 5.41) is 8.45. The quantitative estimate of drug-likeness (QED) is 0.129. The second-order valence-corrected chi connectivity index (χ2v) is 9.01. The van der Waals surface area contributed by atoms with Crippen molar-refractivity contribution in [1.29, 1.82) is 0 Å². The zero-order valence-electron chi connectivity index (χ0n) is 22.0. The number of hydrogen-bond donors (Lipinski definition) is 4. The first-order chi connectivity index (χ1) is 16.2. The summed E-state index contributed by atoms with van der Waals surface area (Å²) in [5.41, 5.74) is 5.31. The first-order valence-corrected chi connectivity index (χ1v) is 13.7. The van der Waals surface area contributed by atoms with Gasteiger partial charge in [-0.1, -0.05) is 103 Å². The number of unbranched alkanes of at least 4 members (excludes halogenated alkanes) is 15. The van der Waals surface area contributed by atoms with Crippen LogP contribution in [0.25, 0.3) is 0 Å². The third-order valence-electron chi connectivity index (χ3n) is 5.77. The van der Waals surface area contributed by atoms with Gasteiger partial charge in [0, 0.05) is 13.1 Å². The van der Waals surface area contributed by atoms with Crippen LogP contribution in [-0.4, -0.2) is 57.8 Å². The summed E-state index contributed by atoms with van der Waals surface area (Å²) < 4.78 is 5.17. The fourth-order valence-corrected chi connectivity index (χ4v) is 3.75. The molecule has 204 valence electrons. The van der Waals surface area contributed by atoms with E-state index >= 15 is 0 Å². The van der Waals surface area contributed by atoms with Gasteiger partial charge in [0.05, 0.1) is 26.3 Å². The molecule has 0 aliphatic carbocycles. The number of rotatable bonds is 26. The number of ether oxygens (including phenoxy) is 1. The first-order valence-electron chi connectivity index (χ1n) is 13.7. The monoisotopic (exact) mass is 506 g/mol. The molecule has 5 N–H and O–H groups in total. The van der Waals surface area contributed by atoms with Gasteiger partial charge in [0.25, 0.3) is 0 Å². The maximum Gasteiger partial charge on any atom is 0.239 e. The standard InChI is InChI=1S/C26H54N4O3.ClH/c1-2-3-4-5-6-7-8-9-10-11-12-13-14-15-16-17-19-28-23-25(31)30-24-26(32)29-20-22-33-21-18-27;/h28H,2-24,27H2,1H3,(H,29,32)(H,30,31);1H. The van der Waals surface area contributed by atoms with Crippen molar-refractivity contribution >= 4 is 24.2 Å². The van der Waals surface area contributed by atoms with Crippen molar-refractivity contribution in [2.24, 2.45) is 5.73 Å². The van der Waals surface area contributed by atoms with Gasteiger partial charge in [-0.15, -0.1) is 12.4 Å². The Morgan fingerprint density at radius 3 is 1.59 bits per heavy atom. The van der Waals surface area contributed by atoms with E-state index in [1.807, 2.05) is 0 Å². The Morgan fingerprint density at radius 1 is 0.618 bits per heavy atom. The van der Waals surface area contributed by atoms with Gasteiger partial charge in [-0.3, -0.25) is 9.59 Å². The van der Waals surface area contributed by atoms with Gasteiger partial charge in [0.2, 0.25) is 11.8 Å². The molecule has 7 nitrogen and oxygen atoms in total. The summed E-state index contributed by atoms with van der Waals surface area (Å²) in [7, 11) is 0. The van der Waals surface area contributed by atoms with E-state index in [1.54, 1.807) is 0 Å². The summed E-state index contributed by atoms with van der Waals surface area (Å²) in [6.07, 6.45) is 21.8. The van der Waals surface area contributed by atoms with E-state index in [1.165, 1.54) is 96.3 Å². The number of hydrogen-bond acceptors (Lipinski definition) is 5. The lowest BCUT2D eigenvalue weighted by Gasteiger charge is -2.08. The van der Waals surface area contributed by atoms with E-state index < -0.39 is 0 Å². The second-order valence-electron chi connectivity index (χ2n) is 9.01. The van der Waals surface area contributed by atoms with Crippen LogP contribution in [0.15, 0.2) is 0 Å². The van der Waals surface area contributed by atoms with Crippen molar-refractivity contribution in [2.75, 3.05) is 45.9 Å². The molecule has 8 heteroatoms. The molecule has 0 unspecified atom stereocenters. The van der Waals surface area contributed by atoms with Crippen LogP contribution in [0.1, 0.15) is 110 Å². The van der Waals surface area contributed by atoms with E-state index in [4.69, 9.17) is 10.5 Å². The Kier molecular flexibility index (Phi) is 31.3. The molecule has 0 saturated heterocycles. The number of nitrogens with two attached hydrogens (primary N) is 1. The minimum Gasteiger partial charge on any atom is -0.378 e. The van der Waals surface area contributed by atoms with Crippen molar-refractivity contribution in [3.8, 4) is 0 Å². The fourth-order valence-electron chi connectivity index (χ4n) is 3.75. The first kappa shape index (κ1) is 35.3. The fraction of sp³-hybridized carbons (Fsp3) is 0.923. The molecular weight excluding hydrogens is 452 g/mol. The third-order valence-corrected chi connectivity index (χ3v) is 5.77. The van der Waals surface area contributed by atoms with E-state index in [-0.39, 0.29) is 37.3 Å². The molecule has 0 aromatic heterocycles. The highest BCUT2D eigenvalue weighted by Crippen LogP contribution is 2.13. The Labute approximate surface area is 215 Å². The lowest BCUT2D eigenvalue weighted by atomic mass is 10.0. The summed E-state index contributed by atoms with van der Waals surface area (Å²) >= 11 is 0. The van der Waals surface area contributed by atoms with Gasteiger partial charge in [-0.05, 0) is 13.0 Å². The number of amides is 2. The molecule has 0 radical (unpaired) electrons. The van der Waals surface area contributed by atoms with Crippen LogP contribution in [0.2, 0.25) is 0 Å². The molecule has 0 aliphatic heterocycles. The predicted molar refractivity (Wildman–Crippen MR) is 146 cm³/mol. The summed E-state index contributed by atoms with van der Waals surface area (Å²) in [6, 6.07) is 0. The van der Waals surface area contributed by atoms with Crippen molar-refractivity contribution in [1.82, 2.24) is 16.0 Å². The second kappa shape index (κ2) is 30.1. The van der Waals surface area contributed by atoms with Crippen LogP contribution in [0.5, 0.6) is 0 Å². The summed E-state index contributed by atoms with van der Waals surface area (Å²) in [4.78, 5) is 23.3. The lowest BCUT2D eigenvalue weighted by molar-refractivity contribution is -0.125. The van der Waals surface area contributed by atoms with Crippen LogP contribution >= 0.6 is 12.4 Å². The van der Waals surface area contributed by atoms with Crippen LogP contribution in [0.4, 0.5) is 0 Å². The minimum atomic E-state index is -0.211. The number of halogens is 1. The van der Waals surface area contributed by atoms with E-state index in [2.05, 4.69) is 22.9 Å².